The Morgan fingerprint density at radius 3 is 2.32 bits per heavy atom. The van der Waals surface area contributed by atoms with Crippen molar-refractivity contribution in [3.8, 4) is 0 Å². The van der Waals surface area contributed by atoms with Crippen LogP contribution in [0.15, 0.2) is 30.5 Å². The van der Waals surface area contributed by atoms with E-state index in [9.17, 15) is 4.79 Å². The van der Waals surface area contributed by atoms with Crippen LogP contribution in [-0.4, -0.2) is 10.9 Å². The van der Waals surface area contributed by atoms with Gasteiger partial charge in [0, 0.05) is 5.56 Å². The van der Waals surface area contributed by atoms with Crippen molar-refractivity contribution in [2.24, 2.45) is 0 Å². The van der Waals surface area contributed by atoms with E-state index in [1.807, 2.05) is 0 Å². The average molecular weight is 317 g/mol. The average Bonchev–Trinajstić information content (AvgIpc) is 2.38. The molecular weight excluding hydrogens is 309 g/mol. The first kappa shape index (κ1) is 13.9. The number of rotatable bonds is 2. The number of halogens is 3. The van der Waals surface area contributed by atoms with Crippen molar-refractivity contribution in [2.75, 3.05) is 11.1 Å². The molecule has 0 bridgehead atoms. The summed E-state index contributed by atoms with van der Waals surface area (Å²) >= 11 is 17.4. The summed E-state index contributed by atoms with van der Waals surface area (Å²) in [5.74, 6) is -0.368. The number of amides is 1. The zero-order valence-corrected chi connectivity index (χ0v) is 11.7. The molecule has 0 saturated heterocycles. The van der Waals surface area contributed by atoms with Crippen LogP contribution >= 0.6 is 34.8 Å². The molecule has 0 saturated carbocycles. The summed E-state index contributed by atoms with van der Waals surface area (Å²) in [4.78, 5) is 15.8. The number of benzene rings is 1. The van der Waals surface area contributed by atoms with Crippen molar-refractivity contribution in [1.82, 2.24) is 4.98 Å². The van der Waals surface area contributed by atoms with Crippen molar-refractivity contribution in [3.63, 3.8) is 0 Å². The monoisotopic (exact) mass is 315 g/mol. The molecule has 0 radical (unpaired) electrons. The van der Waals surface area contributed by atoms with Gasteiger partial charge in [0.2, 0.25) is 0 Å². The Labute approximate surface area is 124 Å². The zero-order chi connectivity index (χ0) is 14.0. The molecule has 2 rings (SSSR count). The summed E-state index contributed by atoms with van der Waals surface area (Å²) in [5.41, 5.74) is 6.66. The quantitative estimate of drug-likeness (QED) is 0.652. The molecule has 0 aliphatic rings. The highest BCUT2D eigenvalue weighted by Gasteiger charge is 2.11. The Hall–Kier alpha value is -1.49. The highest BCUT2D eigenvalue weighted by molar-refractivity contribution is 6.39. The van der Waals surface area contributed by atoms with E-state index in [1.165, 1.54) is 18.3 Å². The number of nitrogens with one attached hydrogen (secondary N) is 1. The molecule has 7 heteroatoms. The summed E-state index contributed by atoms with van der Waals surface area (Å²) in [5, 5.41) is 3.44. The van der Waals surface area contributed by atoms with Gasteiger partial charge in [0.25, 0.3) is 5.91 Å². The normalized spacial score (nSPS) is 10.3. The third-order valence-electron chi connectivity index (χ3n) is 2.33. The predicted octanol–water partition coefficient (Wildman–Crippen LogP) is 3.88. The van der Waals surface area contributed by atoms with Crippen molar-refractivity contribution in [3.05, 3.63) is 51.2 Å². The summed E-state index contributed by atoms with van der Waals surface area (Å²) in [6.45, 7) is 0. The molecule has 2 aromatic rings. The third-order valence-corrected chi connectivity index (χ3v) is 3.18. The molecule has 1 heterocycles. The molecule has 0 aliphatic heterocycles. The first-order valence-electron chi connectivity index (χ1n) is 5.15. The maximum absolute atomic E-state index is 12.0. The molecule has 4 nitrogen and oxygen atoms in total. The standard InChI is InChI=1S/C12H8Cl3N3O/c13-8-3-6(4-9(14)11(8)16)12(19)18-7-1-2-10(15)17-5-7/h1-5H,16H2,(H,18,19). The van der Waals surface area contributed by atoms with E-state index in [0.717, 1.165) is 0 Å². The highest BCUT2D eigenvalue weighted by atomic mass is 35.5. The van der Waals surface area contributed by atoms with Gasteiger partial charge < -0.3 is 11.1 Å². The highest BCUT2D eigenvalue weighted by Crippen LogP contribution is 2.29. The third kappa shape index (κ3) is 3.29. The molecule has 1 aromatic carbocycles. The minimum Gasteiger partial charge on any atom is -0.396 e. The molecule has 1 amide bonds. The van der Waals surface area contributed by atoms with Crippen LogP contribution in [0.3, 0.4) is 0 Å². The van der Waals surface area contributed by atoms with E-state index in [2.05, 4.69) is 10.3 Å². The van der Waals surface area contributed by atoms with E-state index >= 15 is 0 Å². The Kier molecular flexibility index (Phi) is 4.14. The Morgan fingerprint density at radius 1 is 1.16 bits per heavy atom. The van der Waals surface area contributed by atoms with Gasteiger partial charge in [-0.3, -0.25) is 4.79 Å². The smallest absolute Gasteiger partial charge is 0.255 e. The van der Waals surface area contributed by atoms with Crippen molar-refractivity contribution in [1.29, 1.82) is 0 Å². The van der Waals surface area contributed by atoms with Crippen molar-refractivity contribution >= 4 is 52.1 Å². The minimum absolute atomic E-state index is 0.229. The van der Waals surface area contributed by atoms with Gasteiger partial charge in [-0.25, -0.2) is 4.98 Å². The second kappa shape index (κ2) is 5.65. The van der Waals surface area contributed by atoms with Crippen LogP contribution in [0, 0.1) is 0 Å². The zero-order valence-electron chi connectivity index (χ0n) is 9.45. The second-order valence-electron chi connectivity index (χ2n) is 3.68. The number of hydrogen-bond donors (Lipinski definition) is 2. The maximum Gasteiger partial charge on any atom is 0.255 e. The summed E-state index contributed by atoms with van der Waals surface area (Å²) in [6.07, 6.45) is 1.45. The van der Waals surface area contributed by atoms with Gasteiger partial charge in [-0.05, 0) is 24.3 Å². The van der Waals surface area contributed by atoms with Crippen molar-refractivity contribution in [2.45, 2.75) is 0 Å². The summed E-state index contributed by atoms with van der Waals surface area (Å²) in [6, 6.07) is 6.09. The van der Waals surface area contributed by atoms with Gasteiger partial charge in [0.15, 0.2) is 0 Å². The van der Waals surface area contributed by atoms with Crippen LogP contribution in [-0.2, 0) is 0 Å². The summed E-state index contributed by atoms with van der Waals surface area (Å²) < 4.78 is 0. The molecule has 19 heavy (non-hydrogen) atoms. The first-order chi connectivity index (χ1) is 8.97. The maximum atomic E-state index is 12.0. The Bertz CT molecular complexity index is 606. The van der Waals surface area contributed by atoms with Crippen molar-refractivity contribution < 1.29 is 4.79 Å². The van der Waals surface area contributed by atoms with Crippen LogP contribution in [0.4, 0.5) is 11.4 Å². The summed E-state index contributed by atoms with van der Waals surface area (Å²) in [7, 11) is 0. The van der Waals surface area contributed by atoms with E-state index < -0.39 is 0 Å². The number of nitrogen functional groups attached to an aromatic ring is 1. The molecule has 0 unspecified atom stereocenters. The lowest BCUT2D eigenvalue weighted by Gasteiger charge is -2.07. The fraction of sp³-hybridized carbons (Fsp3) is 0. The lowest BCUT2D eigenvalue weighted by Crippen LogP contribution is -2.12. The fourth-order valence-corrected chi connectivity index (χ4v) is 1.97. The first-order valence-corrected chi connectivity index (χ1v) is 6.28. The molecule has 3 N–H and O–H groups in total. The van der Waals surface area contributed by atoms with Gasteiger partial charge in [-0.1, -0.05) is 34.8 Å². The van der Waals surface area contributed by atoms with Gasteiger partial charge in [0.1, 0.15) is 5.15 Å². The van der Waals surface area contributed by atoms with Gasteiger partial charge in [-0.15, -0.1) is 0 Å². The van der Waals surface area contributed by atoms with E-state index in [-0.39, 0.29) is 21.6 Å². The Morgan fingerprint density at radius 2 is 1.79 bits per heavy atom. The van der Waals surface area contributed by atoms with E-state index in [1.54, 1.807) is 12.1 Å². The minimum atomic E-state index is -0.368. The van der Waals surface area contributed by atoms with Gasteiger partial charge in [0.05, 0.1) is 27.6 Å². The number of hydrogen-bond acceptors (Lipinski definition) is 3. The Balaban J connectivity index is 2.23. The topological polar surface area (TPSA) is 68.0 Å². The fourth-order valence-electron chi connectivity index (χ4n) is 1.37. The number of carbonyl (C=O) groups excluding carboxylic acids is 1. The molecular formula is C12H8Cl3N3O. The number of pyridine rings is 1. The molecule has 0 aliphatic carbocycles. The van der Waals surface area contributed by atoms with Crippen LogP contribution in [0.25, 0.3) is 0 Å². The van der Waals surface area contributed by atoms with Crippen LogP contribution < -0.4 is 11.1 Å². The predicted molar refractivity (Wildman–Crippen MR) is 78.1 cm³/mol. The van der Waals surface area contributed by atoms with E-state index in [4.69, 9.17) is 40.5 Å². The second-order valence-corrected chi connectivity index (χ2v) is 4.88. The molecule has 0 atom stereocenters. The molecule has 1 aromatic heterocycles. The van der Waals surface area contributed by atoms with Crippen LogP contribution in [0.2, 0.25) is 15.2 Å². The molecule has 0 spiro atoms. The number of aromatic nitrogens is 1. The lowest BCUT2D eigenvalue weighted by molar-refractivity contribution is 0.102. The number of carbonyl (C=O) groups is 1. The molecule has 98 valence electrons. The number of anilines is 2. The SMILES string of the molecule is Nc1c(Cl)cc(C(=O)Nc2ccc(Cl)nc2)cc1Cl. The largest absolute Gasteiger partial charge is 0.396 e. The van der Waals surface area contributed by atoms with Crippen LogP contribution in [0.5, 0.6) is 0 Å². The van der Waals surface area contributed by atoms with Crippen LogP contribution in [0.1, 0.15) is 10.4 Å². The lowest BCUT2D eigenvalue weighted by atomic mass is 10.2. The molecule has 0 fully saturated rings. The van der Waals surface area contributed by atoms with E-state index in [0.29, 0.717) is 16.4 Å². The number of nitrogens with two attached hydrogens (primary N) is 1. The van der Waals surface area contributed by atoms with Gasteiger partial charge >= 0.3 is 0 Å². The number of nitrogens with zero attached hydrogens (tertiary/aromatic N) is 1. The van der Waals surface area contributed by atoms with Gasteiger partial charge in [-0.2, -0.15) is 0 Å².